The minimum Gasteiger partial charge on any atom is -0.237 e. The van der Waals surface area contributed by atoms with Gasteiger partial charge < -0.3 is 0 Å². The van der Waals surface area contributed by atoms with Crippen LogP contribution in [0.15, 0.2) is 24.3 Å². The summed E-state index contributed by atoms with van der Waals surface area (Å²) < 4.78 is 0. The van der Waals surface area contributed by atoms with Gasteiger partial charge in [0, 0.05) is 5.02 Å². The summed E-state index contributed by atoms with van der Waals surface area (Å²) in [5.74, 6) is 0. The first-order valence-electron chi connectivity index (χ1n) is 6.65. The summed E-state index contributed by atoms with van der Waals surface area (Å²) in [5, 5.41) is 11.0. The molecule has 1 aromatic carbocycles. The highest BCUT2D eigenvalue weighted by molar-refractivity contribution is 6.30. The third kappa shape index (κ3) is 7.40. The lowest BCUT2D eigenvalue weighted by Gasteiger charge is -2.02. The zero-order valence-electron chi connectivity index (χ0n) is 10.5. The summed E-state index contributed by atoms with van der Waals surface area (Å²) in [6, 6.07) is 8.13. The first-order valence-corrected chi connectivity index (χ1v) is 7.03. The second kappa shape index (κ2) is 9.49. The van der Waals surface area contributed by atoms with Crippen LogP contribution in [0.5, 0.6) is 0 Å². The van der Waals surface area contributed by atoms with Gasteiger partial charge in [0.05, 0.1) is 6.61 Å². The molecule has 0 amide bonds. The van der Waals surface area contributed by atoms with Crippen LogP contribution in [0, 0.1) is 0 Å². The number of rotatable bonds is 9. The van der Waals surface area contributed by atoms with Crippen molar-refractivity contribution in [1.82, 2.24) is 0 Å². The number of hydrogen-bond donors (Lipinski definition) is 0. The van der Waals surface area contributed by atoms with Crippen LogP contribution in [-0.2, 0) is 11.5 Å². The van der Waals surface area contributed by atoms with Gasteiger partial charge in [-0.2, -0.15) is 0 Å². The Labute approximate surface area is 110 Å². The summed E-state index contributed by atoms with van der Waals surface area (Å²) in [6.07, 6.45) is 9.46. The van der Waals surface area contributed by atoms with E-state index in [1.54, 1.807) is 0 Å². The van der Waals surface area contributed by atoms with Gasteiger partial charge >= 0.3 is 0 Å². The molecular weight excluding hydrogens is 232 g/mol. The largest absolute Gasteiger partial charge is 0.237 e. The fraction of sp³-hybridized carbons (Fsp3) is 0.600. The topological polar surface area (TPSA) is 19.9 Å². The van der Waals surface area contributed by atoms with Crippen LogP contribution in [0.4, 0.5) is 0 Å². The Kier molecular flexibility index (Phi) is 8.12. The highest BCUT2D eigenvalue weighted by Crippen LogP contribution is 2.13. The first-order chi connectivity index (χ1) is 8.33. The fourth-order valence-electron chi connectivity index (χ4n) is 1.97. The third-order valence-corrected chi connectivity index (χ3v) is 3.28. The molecule has 0 fully saturated rings. The van der Waals surface area contributed by atoms with Crippen molar-refractivity contribution in [1.29, 1.82) is 0 Å². The highest BCUT2D eigenvalue weighted by Gasteiger charge is 1.95. The molecule has 0 heterocycles. The van der Waals surface area contributed by atoms with E-state index in [1.807, 2.05) is 12.1 Å². The maximum Gasteiger partial charge on any atom is 0.0822 e. The first kappa shape index (κ1) is 14.5. The van der Waals surface area contributed by atoms with Gasteiger partial charge in [0.25, 0.3) is 0 Å². The summed E-state index contributed by atoms with van der Waals surface area (Å²) in [7, 11) is 0. The Bertz CT molecular complexity index is 281. The van der Waals surface area contributed by atoms with E-state index in [1.165, 1.54) is 37.7 Å². The minimum atomic E-state index is 0.0938. The Hall–Kier alpha value is -0.530. The molecule has 0 saturated carbocycles. The molecule has 17 heavy (non-hydrogen) atoms. The molecule has 0 saturated heterocycles. The predicted molar refractivity (Wildman–Crippen MR) is 73.0 cm³/mol. The van der Waals surface area contributed by atoms with E-state index in [-0.39, 0.29) is 6.61 Å². The molecule has 0 bridgehead atoms. The molecule has 0 aliphatic carbocycles. The van der Waals surface area contributed by atoms with Crippen molar-refractivity contribution in [2.45, 2.75) is 51.4 Å². The van der Waals surface area contributed by atoms with Crippen molar-refractivity contribution < 1.29 is 5.11 Å². The average Bonchev–Trinajstić information content (AvgIpc) is 2.35. The van der Waals surface area contributed by atoms with Gasteiger partial charge in [-0.05, 0) is 37.0 Å². The SMILES string of the molecule is [O]CCCCCCCCCc1ccc(Cl)cc1. The van der Waals surface area contributed by atoms with Crippen LogP contribution in [0.3, 0.4) is 0 Å². The molecule has 1 rings (SSSR count). The maximum atomic E-state index is 10.2. The molecule has 1 aromatic rings. The van der Waals surface area contributed by atoms with Crippen LogP contribution in [-0.4, -0.2) is 6.61 Å². The van der Waals surface area contributed by atoms with Gasteiger partial charge in [-0.25, -0.2) is 5.11 Å². The Morgan fingerprint density at radius 1 is 0.765 bits per heavy atom. The second-order valence-electron chi connectivity index (χ2n) is 4.56. The lowest BCUT2D eigenvalue weighted by atomic mass is 10.0. The lowest BCUT2D eigenvalue weighted by molar-refractivity contribution is 0.186. The molecule has 0 aliphatic heterocycles. The number of halogens is 1. The van der Waals surface area contributed by atoms with E-state index in [2.05, 4.69) is 12.1 Å². The summed E-state index contributed by atoms with van der Waals surface area (Å²) in [6.45, 7) is 0.0938. The molecule has 0 atom stereocenters. The van der Waals surface area contributed by atoms with Gasteiger partial charge in [-0.15, -0.1) is 0 Å². The van der Waals surface area contributed by atoms with Gasteiger partial charge in [0.1, 0.15) is 0 Å². The van der Waals surface area contributed by atoms with E-state index >= 15 is 0 Å². The molecule has 1 nitrogen and oxygen atoms in total. The lowest BCUT2D eigenvalue weighted by Crippen LogP contribution is -1.86. The van der Waals surface area contributed by atoms with Gasteiger partial charge in [-0.1, -0.05) is 55.8 Å². The van der Waals surface area contributed by atoms with Gasteiger partial charge in [0.15, 0.2) is 0 Å². The summed E-state index contributed by atoms with van der Waals surface area (Å²) in [5.41, 5.74) is 1.38. The Morgan fingerprint density at radius 3 is 1.88 bits per heavy atom. The van der Waals surface area contributed by atoms with E-state index in [0.29, 0.717) is 0 Å². The normalized spacial score (nSPS) is 10.7. The number of hydrogen-bond acceptors (Lipinski definition) is 0. The molecule has 0 unspecified atom stereocenters. The zero-order chi connectivity index (χ0) is 12.3. The second-order valence-corrected chi connectivity index (χ2v) is 4.99. The molecule has 0 spiro atoms. The average molecular weight is 254 g/mol. The van der Waals surface area contributed by atoms with E-state index in [9.17, 15) is 5.11 Å². The Morgan fingerprint density at radius 2 is 1.29 bits per heavy atom. The smallest absolute Gasteiger partial charge is 0.0822 e. The van der Waals surface area contributed by atoms with Crippen LogP contribution in [0.2, 0.25) is 5.02 Å². The highest BCUT2D eigenvalue weighted by atomic mass is 35.5. The van der Waals surface area contributed by atoms with Crippen LogP contribution in [0.1, 0.15) is 50.5 Å². The van der Waals surface area contributed by atoms with E-state index in [4.69, 9.17) is 11.6 Å². The van der Waals surface area contributed by atoms with E-state index in [0.717, 1.165) is 24.3 Å². The monoisotopic (exact) mass is 253 g/mol. The molecule has 1 radical (unpaired) electrons. The van der Waals surface area contributed by atoms with Gasteiger partial charge in [-0.3, -0.25) is 0 Å². The number of benzene rings is 1. The maximum absolute atomic E-state index is 10.2. The van der Waals surface area contributed by atoms with Crippen molar-refractivity contribution in [3.8, 4) is 0 Å². The summed E-state index contributed by atoms with van der Waals surface area (Å²) in [4.78, 5) is 0. The van der Waals surface area contributed by atoms with Crippen molar-refractivity contribution in [3.05, 3.63) is 34.9 Å². The fourth-order valence-corrected chi connectivity index (χ4v) is 2.09. The van der Waals surface area contributed by atoms with Gasteiger partial charge in [0.2, 0.25) is 0 Å². The van der Waals surface area contributed by atoms with Crippen molar-refractivity contribution in [2.75, 3.05) is 6.61 Å². The van der Waals surface area contributed by atoms with Crippen LogP contribution >= 0.6 is 11.6 Å². The molecule has 2 heteroatoms. The number of unbranched alkanes of at least 4 members (excludes halogenated alkanes) is 6. The van der Waals surface area contributed by atoms with Crippen LogP contribution < -0.4 is 0 Å². The van der Waals surface area contributed by atoms with E-state index < -0.39 is 0 Å². The molecule has 0 aromatic heterocycles. The Balaban J connectivity index is 1.95. The predicted octanol–water partition coefficient (Wildman–Crippen LogP) is 5.04. The third-order valence-electron chi connectivity index (χ3n) is 3.02. The van der Waals surface area contributed by atoms with Crippen molar-refractivity contribution >= 4 is 11.6 Å². The standard InChI is InChI=1S/C15H22ClO/c16-15-11-9-14(10-12-15)8-6-4-2-1-3-5-7-13-17/h9-12H,1-8,13H2. The summed E-state index contributed by atoms with van der Waals surface area (Å²) >= 11 is 5.83. The molecule has 0 N–H and O–H groups in total. The quantitative estimate of drug-likeness (QED) is 0.549. The molecule has 0 aliphatic rings. The zero-order valence-corrected chi connectivity index (χ0v) is 11.2. The van der Waals surface area contributed by atoms with Crippen molar-refractivity contribution in [3.63, 3.8) is 0 Å². The molecular formula is C15H22ClO. The van der Waals surface area contributed by atoms with Crippen LogP contribution in [0.25, 0.3) is 0 Å². The minimum absolute atomic E-state index is 0.0938. The number of aryl methyl sites for hydroxylation is 1. The molecule has 95 valence electrons. The van der Waals surface area contributed by atoms with Crippen molar-refractivity contribution in [2.24, 2.45) is 0 Å².